The first-order valence-corrected chi connectivity index (χ1v) is 9.31. The molecule has 3 aromatic rings. The standard InChI is InChI=1S/C21H20N4O4/c1-14-4-6-18(16-3-2-8-22-20(14)16)23-21(26)17-13-15(25(27)28)5-7-19(17)24-9-11-29-12-10-24/h2-8,13H,9-12H2,1H3,(H,23,26). The molecule has 2 aromatic carbocycles. The SMILES string of the molecule is Cc1ccc(NC(=O)c2cc([N+](=O)[O-])ccc2N2CCOCC2)c2cccnc12. The minimum Gasteiger partial charge on any atom is -0.378 e. The largest absolute Gasteiger partial charge is 0.378 e. The quantitative estimate of drug-likeness (QED) is 0.539. The number of nitro groups is 1. The lowest BCUT2D eigenvalue weighted by atomic mass is 10.1. The number of nitrogens with zero attached hydrogens (tertiary/aromatic N) is 3. The van der Waals surface area contributed by atoms with Crippen LogP contribution in [0.15, 0.2) is 48.7 Å². The first-order valence-electron chi connectivity index (χ1n) is 9.31. The van der Waals surface area contributed by atoms with Crippen LogP contribution in [0.3, 0.4) is 0 Å². The van der Waals surface area contributed by atoms with E-state index in [1.54, 1.807) is 12.3 Å². The van der Waals surface area contributed by atoms with Gasteiger partial charge < -0.3 is 15.0 Å². The molecule has 0 saturated carbocycles. The number of rotatable bonds is 4. The second-order valence-electron chi connectivity index (χ2n) is 6.84. The van der Waals surface area contributed by atoms with Crippen molar-refractivity contribution in [1.29, 1.82) is 0 Å². The van der Waals surface area contributed by atoms with E-state index in [0.717, 1.165) is 16.5 Å². The number of nitrogens with one attached hydrogen (secondary N) is 1. The summed E-state index contributed by atoms with van der Waals surface area (Å²) >= 11 is 0. The van der Waals surface area contributed by atoms with Gasteiger partial charge >= 0.3 is 0 Å². The molecule has 2 heterocycles. The number of nitro benzene ring substituents is 1. The number of hydrogen-bond acceptors (Lipinski definition) is 6. The van der Waals surface area contributed by atoms with Crippen molar-refractivity contribution in [2.24, 2.45) is 0 Å². The number of hydrogen-bond donors (Lipinski definition) is 1. The second-order valence-corrected chi connectivity index (χ2v) is 6.84. The summed E-state index contributed by atoms with van der Waals surface area (Å²) in [4.78, 5) is 30.3. The summed E-state index contributed by atoms with van der Waals surface area (Å²) in [5.74, 6) is -0.399. The maximum Gasteiger partial charge on any atom is 0.270 e. The fourth-order valence-corrected chi connectivity index (χ4v) is 3.51. The van der Waals surface area contributed by atoms with Crippen LogP contribution in [0, 0.1) is 17.0 Å². The molecule has 1 saturated heterocycles. The molecule has 148 valence electrons. The molecule has 0 unspecified atom stereocenters. The summed E-state index contributed by atoms with van der Waals surface area (Å²) in [6.07, 6.45) is 1.71. The van der Waals surface area contributed by atoms with Crippen LogP contribution in [0.5, 0.6) is 0 Å². The molecule has 0 spiro atoms. The molecule has 8 heteroatoms. The van der Waals surface area contributed by atoms with Crippen LogP contribution in [-0.4, -0.2) is 42.1 Å². The number of morpholine rings is 1. The number of benzene rings is 2. The maximum atomic E-state index is 13.2. The van der Waals surface area contributed by atoms with Crippen molar-refractivity contribution in [3.63, 3.8) is 0 Å². The van der Waals surface area contributed by atoms with E-state index in [2.05, 4.69) is 10.3 Å². The Morgan fingerprint density at radius 2 is 2.00 bits per heavy atom. The van der Waals surface area contributed by atoms with Crippen LogP contribution in [0.4, 0.5) is 17.1 Å². The lowest BCUT2D eigenvalue weighted by molar-refractivity contribution is -0.384. The van der Waals surface area contributed by atoms with Crippen LogP contribution < -0.4 is 10.2 Å². The highest BCUT2D eigenvalue weighted by molar-refractivity contribution is 6.12. The molecule has 1 N–H and O–H groups in total. The van der Waals surface area contributed by atoms with Crippen molar-refractivity contribution in [2.75, 3.05) is 36.5 Å². The van der Waals surface area contributed by atoms with Crippen molar-refractivity contribution >= 4 is 33.9 Å². The Balaban J connectivity index is 1.73. The highest BCUT2D eigenvalue weighted by Crippen LogP contribution is 2.29. The molecular weight excluding hydrogens is 372 g/mol. The molecule has 0 radical (unpaired) electrons. The van der Waals surface area contributed by atoms with Crippen molar-refractivity contribution in [3.05, 3.63) is 69.9 Å². The fourth-order valence-electron chi connectivity index (χ4n) is 3.51. The van der Waals surface area contributed by atoms with Crippen molar-refractivity contribution in [2.45, 2.75) is 6.92 Å². The molecule has 1 aliphatic rings. The highest BCUT2D eigenvalue weighted by Gasteiger charge is 2.22. The molecular formula is C21H20N4O4. The van der Waals surface area contributed by atoms with Gasteiger partial charge in [0.2, 0.25) is 0 Å². The van der Waals surface area contributed by atoms with Gasteiger partial charge in [-0.05, 0) is 36.8 Å². The van der Waals surface area contributed by atoms with Gasteiger partial charge in [-0.3, -0.25) is 19.9 Å². The maximum absolute atomic E-state index is 13.2. The average Bonchev–Trinajstić information content (AvgIpc) is 2.76. The molecule has 8 nitrogen and oxygen atoms in total. The van der Waals surface area contributed by atoms with E-state index in [0.29, 0.717) is 37.7 Å². The van der Waals surface area contributed by atoms with E-state index < -0.39 is 10.8 Å². The number of aryl methyl sites for hydroxylation is 1. The zero-order valence-electron chi connectivity index (χ0n) is 15.9. The van der Waals surface area contributed by atoms with E-state index in [4.69, 9.17) is 4.74 Å². The van der Waals surface area contributed by atoms with Gasteiger partial charge in [0.15, 0.2) is 0 Å². The lowest BCUT2D eigenvalue weighted by Crippen LogP contribution is -2.37. The molecule has 4 rings (SSSR count). The third-order valence-corrected chi connectivity index (χ3v) is 5.01. The van der Waals surface area contributed by atoms with Gasteiger partial charge in [-0.2, -0.15) is 0 Å². The Morgan fingerprint density at radius 1 is 1.21 bits per heavy atom. The van der Waals surface area contributed by atoms with Gasteiger partial charge in [0.1, 0.15) is 0 Å². The number of non-ortho nitro benzene ring substituents is 1. The van der Waals surface area contributed by atoms with Crippen molar-refractivity contribution < 1.29 is 14.5 Å². The highest BCUT2D eigenvalue weighted by atomic mass is 16.6. The van der Waals surface area contributed by atoms with Crippen molar-refractivity contribution in [1.82, 2.24) is 4.98 Å². The number of fused-ring (bicyclic) bond motifs is 1. The number of ether oxygens (including phenoxy) is 1. The Kier molecular flexibility index (Phi) is 5.09. The summed E-state index contributed by atoms with van der Waals surface area (Å²) in [6.45, 7) is 4.29. The van der Waals surface area contributed by atoms with Crippen LogP contribution in [0.25, 0.3) is 10.9 Å². The monoisotopic (exact) mass is 392 g/mol. The van der Waals surface area contributed by atoms with Crippen molar-refractivity contribution in [3.8, 4) is 0 Å². The zero-order valence-corrected chi connectivity index (χ0v) is 15.9. The zero-order chi connectivity index (χ0) is 20.4. The van der Waals surface area contributed by atoms with Gasteiger partial charge in [-0.1, -0.05) is 6.07 Å². The van der Waals surface area contributed by atoms with Gasteiger partial charge in [0.25, 0.3) is 11.6 Å². The number of amides is 1. The van der Waals surface area contributed by atoms with Gasteiger partial charge in [-0.15, -0.1) is 0 Å². The number of aromatic nitrogens is 1. The van der Waals surface area contributed by atoms with Gasteiger partial charge in [0, 0.05) is 36.8 Å². The van der Waals surface area contributed by atoms with Crippen LogP contribution in [0.1, 0.15) is 15.9 Å². The van der Waals surface area contributed by atoms with Gasteiger partial charge in [-0.25, -0.2) is 0 Å². The Bertz CT molecular complexity index is 1090. The smallest absolute Gasteiger partial charge is 0.270 e. The summed E-state index contributed by atoms with van der Waals surface area (Å²) in [5, 5.41) is 15.0. The molecule has 0 atom stereocenters. The number of carbonyl (C=O) groups is 1. The molecule has 1 amide bonds. The van der Waals surface area contributed by atoms with E-state index in [1.165, 1.54) is 12.1 Å². The Morgan fingerprint density at radius 3 is 2.76 bits per heavy atom. The van der Waals surface area contributed by atoms with Gasteiger partial charge in [0.05, 0.1) is 40.6 Å². The summed E-state index contributed by atoms with van der Waals surface area (Å²) in [5.41, 5.74) is 3.22. The number of carbonyl (C=O) groups excluding carboxylic acids is 1. The van der Waals surface area contributed by atoms with Crippen LogP contribution in [-0.2, 0) is 4.74 Å². The molecule has 1 fully saturated rings. The summed E-state index contributed by atoms with van der Waals surface area (Å²) in [7, 11) is 0. The third kappa shape index (κ3) is 3.74. The van der Waals surface area contributed by atoms with E-state index >= 15 is 0 Å². The van der Waals surface area contributed by atoms with E-state index in [9.17, 15) is 14.9 Å². The predicted molar refractivity (Wildman–Crippen MR) is 111 cm³/mol. The first-order chi connectivity index (χ1) is 14.0. The topological polar surface area (TPSA) is 97.6 Å². The molecule has 0 aliphatic carbocycles. The van der Waals surface area contributed by atoms with E-state index in [1.807, 2.05) is 36.1 Å². The second kappa shape index (κ2) is 7.84. The van der Waals surface area contributed by atoms with Crippen LogP contribution >= 0.6 is 0 Å². The Labute approximate surface area is 167 Å². The van der Waals surface area contributed by atoms with E-state index in [-0.39, 0.29) is 11.3 Å². The first kappa shape index (κ1) is 18.8. The number of anilines is 2. The normalized spacial score (nSPS) is 14.0. The lowest BCUT2D eigenvalue weighted by Gasteiger charge is -2.30. The minimum atomic E-state index is -0.495. The minimum absolute atomic E-state index is 0.123. The molecule has 1 aliphatic heterocycles. The molecule has 29 heavy (non-hydrogen) atoms. The summed E-state index contributed by atoms with van der Waals surface area (Å²) < 4.78 is 5.38. The fraction of sp³-hybridized carbons (Fsp3) is 0.238. The number of pyridine rings is 1. The Hall–Kier alpha value is -3.52. The average molecular weight is 392 g/mol. The summed E-state index contributed by atoms with van der Waals surface area (Å²) in [6, 6.07) is 11.8. The molecule has 1 aromatic heterocycles. The third-order valence-electron chi connectivity index (χ3n) is 5.01. The molecule has 0 bridgehead atoms. The van der Waals surface area contributed by atoms with Crippen LogP contribution in [0.2, 0.25) is 0 Å². The predicted octanol–water partition coefficient (Wildman–Crippen LogP) is 3.54.